The van der Waals surface area contributed by atoms with Gasteiger partial charge >= 0.3 is 0 Å². The Hall–Kier alpha value is -2.28. The molecule has 112 valence electrons. The molecule has 1 aromatic carbocycles. The summed E-state index contributed by atoms with van der Waals surface area (Å²) >= 11 is 0. The number of aromatic nitrogens is 1. The van der Waals surface area contributed by atoms with E-state index in [1.54, 1.807) is 0 Å². The quantitative estimate of drug-likeness (QED) is 0.691. The molecule has 0 unspecified atom stereocenters. The molecule has 0 aliphatic carbocycles. The van der Waals surface area contributed by atoms with Gasteiger partial charge in [0.15, 0.2) is 0 Å². The van der Waals surface area contributed by atoms with Gasteiger partial charge in [0.2, 0.25) is 5.89 Å². The summed E-state index contributed by atoms with van der Waals surface area (Å²) in [5.41, 5.74) is 0.477. The van der Waals surface area contributed by atoms with Crippen molar-refractivity contribution in [1.82, 2.24) is 10.3 Å². The smallest absolute Gasteiger partial charge is 0.273 e. The first-order chi connectivity index (χ1) is 9.74. The van der Waals surface area contributed by atoms with E-state index in [2.05, 4.69) is 10.3 Å². The highest BCUT2D eigenvalue weighted by Gasteiger charge is 2.15. The van der Waals surface area contributed by atoms with E-state index in [-0.39, 0.29) is 22.7 Å². The molecule has 0 bridgehead atoms. The van der Waals surface area contributed by atoms with Gasteiger partial charge < -0.3 is 9.73 Å². The average Bonchev–Trinajstić information content (AvgIpc) is 2.83. The van der Waals surface area contributed by atoms with E-state index in [4.69, 9.17) is 4.42 Å². The first kappa shape index (κ1) is 15.1. The van der Waals surface area contributed by atoms with Gasteiger partial charge in [-0.2, -0.15) is 0 Å². The number of halogens is 1. The zero-order valence-electron chi connectivity index (χ0n) is 12.0. The Kier molecular flexibility index (Phi) is 4.04. The van der Waals surface area contributed by atoms with Crippen LogP contribution in [0.3, 0.4) is 0 Å². The molecule has 1 N–H and O–H groups in total. The zero-order valence-corrected chi connectivity index (χ0v) is 12.0. The fourth-order valence-electron chi connectivity index (χ4n) is 1.68. The topological polar surface area (TPSA) is 81.2 Å². The lowest BCUT2D eigenvalue weighted by Crippen LogP contribution is -2.35. The third-order valence-corrected chi connectivity index (χ3v) is 2.69. The average molecular weight is 293 g/mol. The number of rotatable bonds is 4. The lowest BCUT2D eigenvalue weighted by Gasteiger charge is -2.19. The molecule has 1 heterocycles. The van der Waals surface area contributed by atoms with Crippen molar-refractivity contribution >= 4 is 5.69 Å². The van der Waals surface area contributed by atoms with Crippen molar-refractivity contribution in [3.8, 4) is 11.5 Å². The fraction of sp³-hybridized carbons (Fsp3) is 0.357. The second-order valence-corrected chi connectivity index (χ2v) is 5.70. The minimum atomic E-state index is -0.702. The van der Waals surface area contributed by atoms with Crippen LogP contribution in [0.25, 0.3) is 11.5 Å². The van der Waals surface area contributed by atoms with E-state index in [1.807, 2.05) is 20.8 Å². The molecule has 0 aliphatic heterocycles. The van der Waals surface area contributed by atoms with Crippen molar-refractivity contribution in [2.75, 3.05) is 0 Å². The lowest BCUT2D eigenvalue weighted by molar-refractivity contribution is -0.385. The number of nitrogens with zero attached hydrogens (tertiary/aromatic N) is 2. The Morgan fingerprint density at radius 2 is 2.10 bits per heavy atom. The third kappa shape index (κ3) is 4.09. The zero-order chi connectivity index (χ0) is 15.6. The maximum atomic E-state index is 13.4. The molecule has 21 heavy (non-hydrogen) atoms. The first-order valence-corrected chi connectivity index (χ1v) is 6.39. The van der Waals surface area contributed by atoms with Crippen LogP contribution in [0.5, 0.6) is 0 Å². The molecule has 2 rings (SSSR count). The number of hydrogen-bond acceptors (Lipinski definition) is 5. The van der Waals surface area contributed by atoms with Gasteiger partial charge in [-0.25, -0.2) is 9.37 Å². The maximum absolute atomic E-state index is 13.4. The van der Waals surface area contributed by atoms with Crippen molar-refractivity contribution in [3.05, 3.63) is 46.1 Å². The van der Waals surface area contributed by atoms with Crippen molar-refractivity contribution in [2.24, 2.45) is 0 Å². The van der Waals surface area contributed by atoms with E-state index in [1.165, 1.54) is 12.3 Å². The summed E-state index contributed by atoms with van der Waals surface area (Å²) in [4.78, 5) is 14.3. The number of non-ortho nitro benzene ring substituents is 1. The molecular weight excluding hydrogens is 277 g/mol. The lowest BCUT2D eigenvalue weighted by atomic mass is 10.1. The van der Waals surface area contributed by atoms with E-state index in [9.17, 15) is 14.5 Å². The summed E-state index contributed by atoms with van der Waals surface area (Å²) in [6.45, 7) is 6.54. The van der Waals surface area contributed by atoms with Crippen LogP contribution in [-0.4, -0.2) is 15.4 Å². The minimum absolute atomic E-state index is 0.0727. The Bertz CT molecular complexity index is 662. The third-order valence-electron chi connectivity index (χ3n) is 2.69. The van der Waals surface area contributed by atoms with Crippen LogP contribution >= 0.6 is 0 Å². The largest absolute Gasteiger partial charge is 0.444 e. The Morgan fingerprint density at radius 1 is 1.38 bits per heavy atom. The van der Waals surface area contributed by atoms with Gasteiger partial charge in [0, 0.05) is 23.7 Å². The maximum Gasteiger partial charge on any atom is 0.273 e. The second-order valence-electron chi connectivity index (χ2n) is 5.70. The van der Waals surface area contributed by atoms with Gasteiger partial charge in [0.25, 0.3) is 5.69 Å². The molecule has 0 aliphatic rings. The van der Waals surface area contributed by atoms with E-state index in [0.29, 0.717) is 12.2 Å². The number of nitrogens with one attached hydrogen (secondary N) is 1. The number of nitro groups is 1. The molecule has 0 fully saturated rings. The summed E-state index contributed by atoms with van der Waals surface area (Å²) in [7, 11) is 0. The van der Waals surface area contributed by atoms with E-state index < -0.39 is 10.7 Å². The highest BCUT2D eigenvalue weighted by Crippen LogP contribution is 2.25. The molecule has 0 saturated heterocycles. The monoisotopic (exact) mass is 293 g/mol. The summed E-state index contributed by atoms with van der Waals surface area (Å²) in [6, 6.07) is 3.24. The van der Waals surface area contributed by atoms with E-state index in [0.717, 1.165) is 12.1 Å². The van der Waals surface area contributed by atoms with Crippen LogP contribution in [-0.2, 0) is 6.54 Å². The van der Waals surface area contributed by atoms with Crippen LogP contribution in [0.15, 0.2) is 28.9 Å². The Morgan fingerprint density at radius 3 is 2.71 bits per heavy atom. The molecule has 0 saturated carbocycles. The Labute approximate surface area is 121 Å². The predicted molar refractivity (Wildman–Crippen MR) is 75.1 cm³/mol. The second kappa shape index (κ2) is 5.61. The molecule has 1 aromatic heterocycles. The van der Waals surface area contributed by atoms with Crippen LogP contribution < -0.4 is 5.32 Å². The predicted octanol–water partition coefficient (Wildman–Crippen LogP) is 3.28. The highest BCUT2D eigenvalue weighted by atomic mass is 19.1. The summed E-state index contributed by atoms with van der Waals surface area (Å²) in [6.07, 6.45) is 1.45. The van der Waals surface area contributed by atoms with Gasteiger partial charge in [-0.05, 0) is 26.8 Å². The molecule has 0 radical (unpaired) electrons. The van der Waals surface area contributed by atoms with Gasteiger partial charge in [0.05, 0.1) is 16.7 Å². The van der Waals surface area contributed by atoms with Gasteiger partial charge in [-0.15, -0.1) is 0 Å². The van der Waals surface area contributed by atoms with Crippen molar-refractivity contribution in [1.29, 1.82) is 0 Å². The first-order valence-electron chi connectivity index (χ1n) is 6.39. The Balaban J connectivity index is 2.23. The molecule has 0 amide bonds. The van der Waals surface area contributed by atoms with Crippen molar-refractivity contribution in [2.45, 2.75) is 32.9 Å². The molecule has 0 atom stereocenters. The van der Waals surface area contributed by atoms with E-state index >= 15 is 0 Å². The summed E-state index contributed by atoms with van der Waals surface area (Å²) in [5, 5.41) is 14.0. The highest BCUT2D eigenvalue weighted by molar-refractivity contribution is 5.58. The molecule has 6 nitrogen and oxygen atoms in total. The normalized spacial score (nSPS) is 11.6. The number of benzene rings is 1. The van der Waals surface area contributed by atoms with Gasteiger partial charge in [-0.3, -0.25) is 10.1 Å². The van der Waals surface area contributed by atoms with Crippen LogP contribution in [0.1, 0.15) is 26.5 Å². The molecular formula is C14H16FN3O3. The van der Waals surface area contributed by atoms with Crippen molar-refractivity contribution < 1.29 is 13.7 Å². The molecule has 7 heteroatoms. The summed E-state index contributed by atoms with van der Waals surface area (Å²) < 4.78 is 18.7. The van der Waals surface area contributed by atoms with Crippen molar-refractivity contribution in [3.63, 3.8) is 0 Å². The summed E-state index contributed by atoms with van der Waals surface area (Å²) in [5.74, 6) is -0.546. The number of oxazole rings is 1. The number of hydrogen-bond donors (Lipinski definition) is 1. The SMILES string of the molecule is CC(C)(C)NCc1coc(-c2cc(F)cc([N+](=O)[O-])c2)n1. The number of nitro benzene ring substituents is 1. The molecule has 2 aromatic rings. The van der Waals surface area contributed by atoms with Crippen LogP contribution in [0.2, 0.25) is 0 Å². The van der Waals surface area contributed by atoms with Crippen LogP contribution in [0.4, 0.5) is 10.1 Å². The van der Waals surface area contributed by atoms with Gasteiger partial charge in [-0.1, -0.05) is 0 Å². The van der Waals surface area contributed by atoms with Gasteiger partial charge in [0.1, 0.15) is 12.1 Å². The standard InChI is InChI=1S/C14H16FN3O3/c1-14(2,3)16-7-11-8-21-13(17-11)9-4-10(15)6-12(5-9)18(19)20/h4-6,8,16H,7H2,1-3H3. The fourth-order valence-corrected chi connectivity index (χ4v) is 1.68. The van der Waals surface area contributed by atoms with Crippen LogP contribution in [0, 0.1) is 15.9 Å². The minimum Gasteiger partial charge on any atom is -0.444 e. The molecule has 0 spiro atoms.